The third-order valence-electron chi connectivity index (χ3n) is 3.57. The molecule has 12 heteroatoms. The van der Waals surface area contributed by atoms with E-state index in [1.165, 1.54) is 29.4 Å². The van der Waals surface area contributed by atoms with E-state index < -0.39 is 27.0 Å². The molecule has 0 aliphatic carbocycles. The largest absolute Gasteiger partial charge is 0.340 e. The number of nitrogens with zero attached hydrogens (tertiary/aromatic N) is 2. The van der Waals surface area contributed by atoms with Gasteiger partial charge in [-0.25, -0.2) is 4.98 Å². The van der Waals surface area contributed by atoms with E-state index in [1.54, 1.807) is 0 Å². The van der Waals surface area contributed by atoms with Gasteiger partial charge in [-0.15, -0.1) is 0 Å². The summed E-state index contributed by atoms with van der Waals surface area (Å²) in [5.74, 6) is 0.183. The number of aryl methyl sites for hydroxylation is 1. The molecule has 0 radical (unpaired) electrons. The lowest BCUT2D eigenvalue weighted by molar-refractivity contribution is 0.335. The molecule has 0 unspecified atom stereocenters. The highest BCUT2D eigenvalue weighted by molar-refractivity contribution is 7.99. The minimum absolute atomic E-state index is 0.171. The molecular weight excluding hydrogens is 402 g/mol. The summed E-state index contributed by atoms with van der Waals surface area (Å²) >= 11 is 1.24. The minimum Gasteiger partial charge on any atom is -0.324 e. The third kappa shape index (κ3) is 5.62. The van der Waals surface area contributed by atoms with Crippen LogP contribution in [-0.2, 0) is 22.6 Å². The molecule has 1 aromatic heterocycles. The van der Waals surface area contributed by atoms with Crippen molar-refractivity contribution in [3.63, 3.8) is 0 Å². The molecule has 0 saturated heterocycles. The minimum atomic E-state index is -5.01. The van der Waals surface area contributed by atoms with Crippen molar-refractivity contribution >= 4 is 27.0 Å². The second-order valence-electron chi connectivity index (χ2n) is 5.52. The van der Waals surface area contributed by atoms with Crippen LogP contribution in [0.4, 0.5) is 0 Å². The van der Waals surface area contributed by atoms with Gasteiger partial charge in [0.1, 0.15) is 10.9 Å². The van der Waals surface area contributed by atoms with Gasteiger partial charge in [0.15, 0.2) is 5.40 Å². The molecular formula is C14H18N2O7P2S. The van der Waals surface area contributed by atoms with Gasteiger partial charge in [-0.1, -0.05) is 30.0 Å². The molecule has 2 rings (SSSR count). The van der Waals surface area contributed by atoms with Gasteiger partial charge in [-0.05, 0) is 18.6 Å². The Hall–Kier alpha value is -1.25. The summed E-state index contributed by atoms with van der Waals surface area (Å²) in [7, 11) is -8.59. The summed E-state index contributed by atoms with van der Waals surface area (Å²) in [6, 6.07) is 10.5. The van der Waals surface area contributed by atoms with Crippen LogP contribution in [-0.4, -0.2) is 34.5 Å². The Morgan fingerprint density at radius 1 is 1.12 bits per heavy atom. The first-order chi connectivity index (χ1) is 12.0. The van der Waals surface area contributed by atoms with Crippen LogP contribution in [0, 0.1) is 0 Å². The quantitative estimate of drug-likeness (QED) is 0.386. The summed E-state index contributed by atoms with van der Waals surface area (Å²) in [5.41, 5.74) is -0.377. The SMILES string of the molecule is Cn1c(CCC(P(=O)(O)O)P(=O)(O)O)nc(Sc2ccccc2)cc1=O. The molecule has 0 atom stereocenters. The van der Waals surface area contributed by atoms with Crippen molar-refractivity contribution in [2.45, 2.75) is 28.2 Å². The molecule has 0 spiro atoms. The zero-order valence-corrected chi connectivity index (χ0v) is 16.3. The van der Waals surface area contributed by atoms with Crippen molar-refractivity contribution < 1.29 is 28.7 Å². The summed E-state index contributed by atoms with van der Waals surface area (Å²) in [6.07, 6.45) is -0.676. The van der Waals surface area contributed by atoms with Crippen molar-refractivity contribution in [2.24, 2.45) is 7.05 Å². The topological polar surface area (TPSA) is 150 Å². The fourth-order valence-electron chi connectivity index (χ4n) is 2.24. The summed E-state index contributed by atoms with van der Waals surface area (Å²) in [6.45, 7) is 0. The second kappa shape index (κ2) is 8.19. The molecule has 142 valence electrons. The van der Waals surface area contributed by atoms with Crippen molar-refractivity contribution in [3.8, 4) is 0 Å². The van der Waals surface area contributed by atoms with Crippen LogP contribution in [0.25, 0.3) is 0 Å². The summed E-state index contributed by atoms with van der Waals surface area (Å²) in [4.78, 5) is 54.0. The van der Waals surface area contributed by atoms with Gasteiger partial charge < -0.3 is 19.6 Å². The van der Waals surface area contributed by atoms with Crippen molar-refractivity contribution in [1.29, 1.82) is 0 Å². The van der Waals surface area contributed by atoms with E-state index in [0.717, 1.165) is 4.90 Å². The van der Waals surface area contributed by atoms with Crippen LogP contribution in [0.3, 0.4) is 0 Å². The number of rotatable bonds is 7. The molecule has 4 N–H and O–H groups in total. The van der Waals surface area contributed by atoms with E-state index in [2.05, 4.69) is 4.98 Å². The highest BCUT2D eigenvalue weighted by atomic mass is 32.2. The van der Waals surface area contributed by atoms with Gasteiger partial charge in [0.2, 0.25) is 0 Å². The average molecular weight is 420 g/mol. The van der Waals surface area contributed by atoms with Crippen LogP contribution >= 0.6 is 27.0 Å². The Morgan fingerprint density at radius 2 is 1.69 bits per heavy atom. The highest BCUT2D eigenvalue weighted by Gasteiger charge is 2.42. The Balaban J connectivity index is 2.27. The van der Waals surface area contributed by atoms with E-state index >= 15 is 0 Å². The predicted octanol–water partition coefficient (Wildman–Crippen LogP) is 1.55. The number of hydrogen-bond acceptors (Lipinski definition) is 5. The van der Waals surface area contributed by atoms with E-state index in [1.807, 2.05) is 30.3 Å². The first kappa shape index (κ1) is 21.1. The van der Waals surface area contributed by atoms with Crippen LogP contribution in [0.2, 0.25) is 0 Å². The maximum absolute atomic E-state index is 12.1. The summed E-state index contributed by atoms with van der Waals surface area (Å²) < 4.78 is 23.9. The van der Waals surface area contributed by atoms with Crippen molar-refractivity contribution in [3.05, 3.63) is 52.6 Å². The number of benzene rings is 1. The first-order valence-corrected chi connectivity index (χ1v) is 11.6. The highest BCUT2D eigenvalue weighted by Crippen LogP contribution is 2.61. The normalized spacial score (nSPS) is 12.5. The van der Waals surface area contributed by atoms with Gasteiger partial charge >= 0.3 is 15.2 Å². The summed E-state index contributed by atoms with van der Waals surface area (Å²) in [5, 5.41) is -1.74. The lowest BCUT2D eigenvalue weighted by Gasteiger charge is -2.19. The molecule has 0 fully saturated rings. The maximum atomic E-state index is 12.1. The lowest BCUT2D eigenvalue weighted by Crippen LogP contribution is -2.23. The van der Waals surface area contributed by atoms with Crippen LogP contribution in [0.1, 0.15) is 12.2 Å². The van der Waals surface area contributed by atoms with E-state index in [4.69, 9.17) is 0 Å². The van der Waals surface area contributed by atoms with Crippen molar-refractivity contribution in [1.82, 2.24) is 9.55 Å². The molecule has 2 aromatic rings. The maximum Gasteiger partial charge on any atom is 0.340 e. The Kier molecular flexibility index (Phi) is 6.63. The lowest BCUT2D eigenvalue weighted by atomic mass is 10.3. The molecule has 0 saturated carbocycles. The van der Waals surface area contributed by atoms with Crippen LogP contribution in [0.5, 0.6) is 0 Å². The van der Waals surface area contributed by atoms with Gasteiger partial charge in [0.05, 0.1) is 0 Å². The van der Waals surface area contributed by atoms with Gasteiger partial charge in [0.25, 0.3) is 5.56 Å². The molecule has 1 aromatic carbocycles. The fraction of sp³-hybridized carbons (Fsp3) is 0.286. The zero-order chi connectivity index (χ0) is 19.5. The monoisotopic (exact) mass is 420 g/mol. The van der Waals surface area contributed by atoms with Gasteiger partial charge in [-0.2, -0.15) is 0 Å². The number of hydrogen-bond donors (Lipinski definition) is 4. The van der Waals surface area contributed by atoms with E-state index in [0.29, 0.717) is 5.03 Å². The fourth-order valence-corrected chi connectivity index (χ4v) is 5.58. The first-order valence-electron chi connectivity index (χ1n) is 7.39. The third-order valence-corrected chi connectivity index (χ3v) is 8.37. The Morgan fingerprint density at radius 3 is 2.23 bits per heavy atom. The van der Waals surface area contributed by atoms with E-state index in [-0.39, 0.29) is 17.8 Å². The second-order valence-corrected chi connectivity index (χ2v) is 10.6. The number of aromatic nitrogens is 2. The Bertz CT molecular complexity index is 901. The van der Waals surface area contributed by atoms with Gasteiger partial charge in [0, 0.05) is 24.4 Å². The molecule has 0 bridgehead atoms. The zero-order valence-electron chi connectivity index (χ0n) is 13.7. The predicted molar refractivity (Wildman–Crippen MR) is 96.2 cm³/mol. The van der Waals surface area contributed by atoms with Crippen LogP contribution in [0.15, 0.2) is 51.1 Å². The smallest absolute Gasteiger partial charge is 0.324 e. The standard InChI is InChI=1S/C14H18N2O7P2S/c1-16-11(7-8-14(24(18,19)20)25(21,22)23)15-12(9-13(16)17)26-10-5-3-2-4-6-10/h2-6,9,14H,7-8H2,1H3,(H2,18,19,20)(H2,21,22,23). The molecule has 1 heterocycles. The van der Waals surface area contributed by atoms with Crippen LogP contribution < -0.4 is 5.56 Å². The molecule has 0 aliphatic rings. The average Bonchev–Trinajstić information content (AvgIpc) is 2.50. The molecule has 0 aliphatic heterocycles. The molecule has 26 heavy (non-hydrogen) atoms. The molecule has 0 amide bonds. The van der Waals surface area contributed by atoms with Gasteiger partial charge in [-0.3, -0.25) is 18.5 Å². The van der Waals surface area contributed by atoms with E-state index in [9.17, 15) is 33.5 Å². The Labute approximate surface area is 153 Å². The molecule has 9 nitrogen and oxygen atoms in total. The van der Waals surface area contributed by atoms with Crippen molar-refractivity contribution in [2.75, 3.05) is 0 Å².